The monoisotopic (exact) mass is 411 g/mol. The van der Waals surface area contributed by atoms with Crippen molar-refractivity contribution in [1.82, 2.24) is 10.2 Å². The van der Waals surface area contributed by atoms with Gasteiger partial charge in [0.05, 0.1) is 0 Å². The number of primary amides is 1. The van der Waals surface area contributed by atoms with Gasteiger partial charge in [0.1, 0.15) is 17.9 Å². The van der Waals surface area contributed by atoms with E-state index in [2.05, 4.69) is 5.32 Å². The SMILES string of the molecule is NC(=O)C(=O)C(Cc1ccccc1)NC(=O)[C@H]1CCC(=O)N1Cc1ccc(F)cc1. The van der Waals surface area contributed by atoms with Crippen LogP contribution in [0, 0.1) is 5.82 Å². The third-order valence-electron chi connectivity index (χ3n) is 5.06. The van der Waals surface area contributed by atoms with Crippen LogP contribution in [-0.2, 0) is 32.1 Å². The molecule has 2 atom stereocenters. The lowest BCUT2D eigenvalue weighted by molar-refractivity contribution is -0.140. The molecule has 8 heteroatoms. The van der Waals surface area contributed by atoms with E-state index in [1.165, 1.54) is 17.0 Å². The van der Waals surface area contributed by atoms with Gasteiger partial charge in [0.2, 0.25) is 17.6 Å². The number of halogens is 1. The summed E-state index contributed by atoms with van der Waals surface area (Å²) >= 11 is 0. The molecule has 0 spiro atoms. The van der Waals surface area contributed by atoms with Crippen LogP contribution in [0.25, 0.3) is 0 Å². The predicted molar refractivity (Wildman–Crippen MR) is 106 cm³/mol. The Labute approximate surface area is 173 Å². The number of nitrogens with two attached hydrogens (primary N) is 1. The molecule has 1 unspecified atom stereocenters. The largest absolute Gasteiger partial charge is 0.363 e. The lowest BCUT2D eigenvalue weighted by atomic mass is 10.0. The summed E-state index contributed by atoms with van der Waals surface area (Å²) in [7, 11) is 0. The van der Waals surface area contributed by atoms with E-state index in [9.17, 15) is 23.6 Å². The van der Waals surface area contributed by atoms with E-state index in [1.807, 2.05) is 6.07 Å². The molecule has 0 saturated carbocycles. The van der Waals surface area contributed by atoms with Gasteiger partial charge in [-0.15, -0.1) is 0 Å². The summed E-state index contributed by atoms with van der Waals surface area (Å²) in [6.45, 7) is 0.143. The van der Waals surface area contributed by atoms with E-state index >= 15 is 0 Å². The Balaban J connectivity index is 1.74. The van der Waals surface area contributed by atoms with Crippen molar-refractivity contribution in [2.75, 3.05) is 0 Å². The standard InChI is InChI=1S/C22H22FN3O4/c23-16-8-6-15(7-9-16)13-26-18(10-11-19(26)27)22(30)25-17(20(28)21(24)29)12-14-4-2-1-3-5-14/h1-9,17-18H,10-13H2,(H2,24,29)(H,25,30)/t17?,18-/m1/s1. The van der Waals surface area contributed by atoms with Crippen molar-refractivity contribution in [3.05, 3.63) is 71.5 Å². The number of ketones is 1. The van der Waals surface area contributed by atoms with Crippen LogP contribution in [0.15, 0.2) is 54.6 Å². The highest BCUT2D eigenvalue weighted by Gasteiger charge is 2.38. The molecule has 0 aromatic heterocycles. The number of Topliss-reactive ketones (excluding diaryl/α,β-unsaturated/α-hetero) is 1. The molecule has 1 fully saturated rings. The maximum absolute atomic E-state index is 13.1. The molecule has 1 saturated heterocycles. The smallest absolute Gasteiger partial charge is 0.287 e. The van der Waals surface area contributed by atoms with E-state index in [0.29, 0.717) is 5.56 Å². The number of benzene rings is 2. The van der Waals surface area contributed by atoms with E-state index in [4.69, 9.17) is 5.73 Å². The van der Waals surface area contributed by atoms with Crippen molar-refractivity contribution in [3.8, 4) is 0 Å². The van der Waals surface area contributed by atoms with Gasteiger partial charge in [-0.1, -0.05) is 42.5 Å². The van der Waals surface area contributed by atoms with Crippen LogP contribution in [0.1, 0.15) is 24.0 Å². The molecule has 7 nitrogen and oxygen atoms in total. The Morgan fingerprint density at radius 2 is 1.73 bits per heavy atom. The first-order valence-corrected chi connectivity index (χ1v) is 9.57. The molecule has 3 amide bonds. The zero-order chi connectivity index (χ0) is 21.7. The number of hydrogen-bond acceptors (Lipinski definition) is 4. The van der Waals surface area contributed by atoms with E-state index in [-0.39, 0.29) is 31.7 Å². The topological polar surface area (TPSA) is 110 Å². The van der Waals surface area contributed by atoms with Crippen molar-refractivity contribution in [2.45, 2.75) is 37.9 Å². The number of nitrogens with zero attached hydrogens (tertiary/aromatic N) is 1. The average molecular weight is 411 g/mol. The van der Waals surface area contributed by atoms with Gasteiger partial charge >= 0.3 is 0 Å². The molecule has 0 aliphatic carbocycles. The van der Waals surface area contributed by atoms with Gasteiger partial charge in [-0.2, -0.15) is 0 Å². The normalized spacial score (nSPS) is 16.9. The Hall–Kier alpha value is -3.55. The predicted octanol–water partition coefficient (Wildman–Crippen LogP) is 1.10. The van der Waals surface area contributed by atoms with Crippen LogP contribution in [0.5, 0.6) is 0 Å². The van der Waals surface area contributed by atoms with Gasteiger partial charge in [0.15, 0.2) is 0 Å². The van der Waals surface area contributed by atoms with Crippen molar-refractivity contribution >= 4 is 23.5 Å². The zero-order valence-electron chi connectivity index (χ0n) is 16.2. The minimum atomic E-state index is -1.14. The van der Waals surface area contributed by atoms with Crippen LogP contribution in [-0.4, -0.2) is 40.5 Å². The summed E-state index contributed by atoms with van der Waals surface area (Å²) in [4.78, 5) is 50.3. The fourth-order valence-electron chi connectivity index (χ4n) is 3.49. The second-order valence-electron chi connectivity index (χ2n) is 7.18. The Morgan fingerprint density at radius 3 is 2.37 bits per heavy atom. The van der Waals surface area contributed by atoms with Gasteiger partial charge in [0, 0.05) is 19.4 Å². The number of nitrogens with one attached hydrogen (secondary N) is 1. The Morgan fingerprint density at radius 1 is 1.07 bits per heavy atom. The van der Waals surface area contributed by atoms with Crippen molar-refractivity contribution in [2.24, 2.45) is 5.73 Å². The first-order chi connectivity index (χ1) is 14.3. The van der Waals surface area contributed by atoms with E-state index < -0.39 is 35.5 Å². The Kier molecular flexibility index (Phi) is 6.56. The van der Waals surface area contributed by atoms with Gasteiger partial charge in [0.25, 0.3) is 5.91 Å². The first-order valence-electron chi connectivity index (χ1n) is 9.57. The zero-order valence-corrected chi connectivity index (χ0v) is 16.2. The molecule has 3 N–H and O–H groups in total. The summed E-state index contributed by atoms with van der Waals surface area (Å²) < 4.78 is 13.1. The lowest BCUT2D eigenvalue weighted by Crippen LogP contribution is -2.53. The summed E-state index contributed by atoms with van der Waals surface area (Å²) in [6, 6.07) is 12.7. The van der Waals surface area contributed by atoms with Crippen molar-refractivity contribution in [1.29, 1.82) is 0 Å². The average Bonchev–Trinajstić information content (AvgIpc) is 3.09. The third kappa shape index (κ3) is 5.08. The van der Waals surface area contributed by atoms with Crippen LogP contribution < -0.4 is 11.1 Å². The molecular weight excluding hydrogens is 389 g/mol. The fourth-order valence-corrected chi connectivity index (χ4v) is 3.49. The fraction of sp³-hybridized carbons (Fsp3) is 0.273. The molecule has 0 radical (unpaired) electrons. The highest BCUT2D eigenvalue weighted by atomic mass is 19.1. The van der Waals surface area contributed by atoms with Gasteiger partial charge in [-0.3, -0.25) is 19.2 Å². The van der Waals surface area contributed by atoms with E-state index in [1.54, 1.807) is 36.4 Å². The molecule has 3 rings (SSSR count). The van der Waals surface area contributed by atoms with Crippen molar-refractivity contribution in [3.63, 3.8) is 0 Å². The number of rotatable bonds is 8. The highest BCUT2D eigenvalue weighted by molar-refractivity contribution is 6.37. The lowest BCUT2D eigenvalue weighted by Gasteiger charge is -2.26. The number of carbonyl (C=O) groups excluding carboxylic acids is 4. The first kappa shape index (κ1) is 21.2. The van der Waals surface area contributed by atoms with Gasteiger partial charge in [-0.25, -0.2) is 4.39 Å². The summed E-state index contributed by atoms with van der Waals surface area (Å²) in [6.07, 6.45) is 0.577. The molecule has 2 aromatic rings. The minimum absolute atomic E-state index is 0.104. The summed E-state index contributed by atoms with van der Waals surface area (Å²) in [5, 5.41) is 2.59. The Bertz CT molecular complexity index is 947. The van der Waals surface area contributed by atoms with Crippen LogP contribution >= 0.6 is 0 Å². The molecule has 1 heterocycles. The number of carbonyl (C=O) groups is 4. The second kappa shape index (κ2) is 9.30. The molecule has 0 bridgehead atoms. The second-order valence-corrected chi connectivity index (χ2v) is 7.18. The molecule has 1 aliphatic heterocycles. The number of hydrogen-bond donors (Lipinski definition) is 2. The number of amides is 3. The quantitative estimate of drug-likeness (QED) is 0.634. The maximum Gasteiger partial charge on any atom is 0.287 e. The molecule has 156 valence electrons. The number of likely N-dealkylation sites (tertiary alicyclic amines) is 1. The molecule has 2 aromatic carbocycles. The maximum atomic E-state index is 13.1. The van der Waals surface area contributed by atoms with E-state index in [0.717, 1.165) is 5.56 Å². The van der Waals surface area contributed by atoms with Gasteiger partial charge < -0.3 is 16.0 Å². The van der Waals surface area contributed by atoms with Crippen LogP contribution in [0.4, 0.5) is 4.39 Å². The highest BCUT2D eigenvalue weighted by Crippen LogP contribution is 2.22. The van der Waals surface area contributed by atoms with Crippen molar-refractivity contribution < 1.29 is 23.6 Å². The summed E-state index contributed by atoms with van der Waals surface area (Å²) in [5.41, 5.74) is 6.58. The minimum Gasteiger partial charge on any atom is -0.363 e. The third-order valence-corrected chi connectivity index (χ3v) is 5.06. The molecular formula is C22H22FN3O4. The van der Waals surface area contributed by atoms with Crippen LogP contribution in [0.3, 0.4) is 0 Å². The summed E-state index contributed by atoms with van der Waals surface area (Å²) in [5.74, 6) is -3.17. The molecule has 1 aliphatic rings. The van der Waals surface area contributed by atoms with Crippen LogP contribution in [0.2, 0.25) is 0 Å². The van der Waals surface area contributed by atoms with Gasteiger partial charge in [-0.05, 0) is 29.7 Å². The molecule has 30 heavy (non-hydrogen) atoms.